The van der Waals surface area contributed by atoms with E-state index in [1.807, 2.05) is 0 Å². The van der Waals surface area contributed by atoms with Gasteiger partial charge in [0.25, 0.3) is 0 Å². The highest BCUT2D eigenvalue weighted by molar-refractivity contribution is 5.79. The van der Waals surface area contributed by atoms with E-state index in [1.54, 1.807) is 12.1 Å². The molecule has 1 aliphatic rings. The molecule has 3 heteroatoms. The summed E-state index contributed by atoms with van der Waals surface area (Å²) in [7, 11) is 0. The van der Waals surface area contributed by atoms with Gasteiger partial charge in [-0.15, -0.1) is 0 Å². The maximum absolute atomic E-state index is 12.6. The Bertz CT molecular complexity index is 332. The van der Waals surface area contributed by atoms with Crippen LogP contribution in [0.25, 0.3) is 0 Å². The van der Waals surface area contributed by atoms with E-state index in [2.05, 4.69) is 0 Å². The lowest BCUT2D eigenvalue weighted by Gasteiger charge is -2.21. The summed E-state index contributed by atoms with van der Waals surface area (Å²) in [6.45, 7) is 0.473. The predicted octanol–water partition coefficient (Wildman–Crippen LogP) is 2.25. The number of carbonyl (C=O) groups excluding carboxylic acids is 1. The van der Waals surface area contributed by atoms with Gasteiger partial charge < -0.3 is 4.74 Å². The standard InChI is InChI=1S/C11H11FO2/c12-9-3-1-8(2-4-9)11-7-10(13)5-6-14-11/h1-4,11H,5-7H2/t11-/m1/s1. The molecule has 1 aliphatic heterocycles. The number of ether oxygens (including phenoxy) is 1. The second kappa shape index (κ2) is 3.88. The summed E-state index contributed by atoms with van der Waals surface area (Å²) in [5.41, 5.74) is 0.874. The first kappa shape index (κ1) is 9.34. The van der Waals surface area contributed by atoms with Crippen LogP contribution >= 0.6 is 0 Å². The Kier molecular flexibility index (Phi) is 2.59. The smallest absolute Gasteiger partial charge is 0.138 e. The fourth-order valence-electron chi connectivity index (χ4n) is 1.57. The second-order valence-corrected chi connectivity index (χ2v) is 3.40. The quantitative estimate of drug-likeness (QED) is 0.685. The molecule has 0 N–H and O–H groups in total. The third kappa shape index (κ3) is 1.99. The molecule has 0 aromatic heterocycles. The average Bonchev–Trinajstić information content (AvgIpc) is 2.19. The van der Waals surface area contributed by atoms with E-state index in [4.69, 9.17) is 4.74 Å². The van der Waals surface area contributed by atoms with Gasteiger partial charge in [0.1, 0.15) is 11.6 Å². The highest BCUT2D eigenvalue weighted by atomic mass is 19.1. The Morgan fingerprint density at radius 2 is 2.00 bits per heavy atom. The Morgan fingerprint density at radius 3 is 2.64 bits per heavy atom. The van der Waals surface area contributed by atoms with Crippen LogP contribution in [0.3, 0.4) is 0 Å². The molecule has 1 atom stereocenters. The van der Waals surface area contributed by atoms with Crippen molar-refractivity contribution in [1.82, 2.24) is 0 Å². The second-order valence-electron chi connectivity index (χ2n) is 3.40. The maximum Gasteiger partial charge on any atom is 0.138 e. The lowest BCUT2D eigenvalue weighted by molar-refractivity contribution is -0.128. The monoisotopic (exact) mass is 194 g/mol. The van der Waals surface area contributed by atoms with Gasteiger partial charge in [0.15, 0.2) is 0 Å². The molecule has 0 bridgehead atoms. The summed E-state index contributed by atoms with van der Waals surface area (Å²) in [6.07, 6.45) is 0.723. The molecule has 1 aromatic rings. The van der Waals surface area contributed by atoms with Crippen LogP contribution in [-0.2, 0) is 9.53 Å². The minimum Gasteiger partial charge on any atom is -0.373 e. The third-order valence-electron chi connectivity index (χ3n) is 2.35. The van der Waals surface area contributed by atoms with Crippen LogP contribution in [0, 0.1) is 5.82 Å². The van der Waals surface area contributed by atoms with Crippen molar-refractivity contribution >= 4 is 5.78 Å². The molecule has 0 saturated carbocycles. The van der Waals surface area contributed by atoms with Crippen molar-refractivity contribution in [2.75, 3.05) is 6.61 Å². The van der Waals surface area contributed by atoms with E-state index in [1.165, 1.54) is 12.1 Å². The van der Waals surface area contributed by atoms with Crippen LogP contribution in [0.15, 0.2) is 24.3 Å². The zero-order valence-corrected chi connectivity index (χ0v) is 7.70. The Hall–Kier alpha value is -1.22. The van der Waals surface area contributed by atoms with Crippen molar-refractivity contribution in [2.45, 2.75) is 18.9 Å². The largest absolute Gasteiger partial charge is 0.373 e. The summed E-state index contributed by atoms with van der Waals surface area (Å²) < 4.78 is 18.1. The SMILES string of the molecule is O=C1CCO[C@@H](c2ccc(F)cc2)C1. The Morgan fingerprint density at radius 1 is 1.29 bits per heavy atom. The number of hydrogen-bond donors (Lipinski definition) is 0. The number of Topliss-reactive ketones (excluding diaryl/α,β-unsaturated/α-hetero) is 1. The molecule has 0 spiro atoms. The minimum absolute atomic E-state index is 0.183. The molecule has 1 fully saturated rings. The fraction of sp³-hybridized carbons (Fsp3) is 0.364. The van der Waals surface area contributed by atoms with Crippen LogP contribution in [0.1, 0.15) is 24.5 Å². The summed E-state index contributed by atoms with van der Waals surface area (Å²) in [6, 6.07) is 6.10. The molecule has 1 heterocycles. The molecule has 0 radical (unpaired) electrons. The van der Waals surface area contributed by atoms with E-state index in [0.29, 0.717) is 19.4 Å². The van der Waals surface area contributed by atoms with Gasteiger partial charge in [-0.1, -0.05) is 12.1 Å². The molecule has 0 unspecified atom stereocenters. The van der Waals surface area contributed by atoms with E-state index >= 15 is 0 Å². The Labute approximate surface area is 81.7 Å². The number of ketones is 1. The highest BCUT2D eigenvalue weighted by Gasteiger charge is 2.21. The summed E-state index contributed by atoms with van der Waals surface area (Å²) in [5, 5.41) is 0. The van der Waals surface area contributed by atoms with Crippen LogP contribution in [0.2, 0.25) is 0 Å². The van der Waals surface area contributed by atoms with Crippen LogP contribution in [-0.4, -0.2) is 12.4 Å². The normalized spacial score (nSPS) is 22.4. The van der Waals surface area contributed by atoms with Crippen molar-refractivity contribution in [1.29, 1.82) is 0 Å². The summed E-state index contributed by atoms with van der Waals surface area (Å²) in [5.74, 6) is -0.0542. The number of hydrogen-bond acceptors (Lipinski definition) is 2. The highest BCUT2D eigenvalue weighted by Crippen LogP contribution is 2.25. The molecule has 1 aromatic carbocycles. The van der Waals surface area contributed by atoms with Gasteiger partial charge in [0.2, 0.25) is 0 Å². The zero-order valence-electron chi connectivity index (χ0n) is 7.70. The molecule has 1 saturated heterocycles. The first-order valence-corrected chi connectivity index (χ1v) is 4.64. The van der Waals surface area contributed by atoms with E-state index in [0.717, 1.165) is 5.56 Å². The van der Waals surface area contributed by atoms with Gasteiger partial charge in [-0.25, -0.2) is 4.39 Å². The van der Waals surface area contributed by atoms with Crippen molar-refractivity contribution in [3.63, 3.8) is 0 Å². The summed E-state index contributed by atoms with van der Waals surface area (Å²) in [4.78, 5) is 11.2. The van der Waals surface area contributed by atoms with Crippen molar-refractivity contribution < 1.29 is 13.9 Å². The van der Waals surface area contributed by atoms with Gasteiger partial charge in [-0.05, 0) is 17.7 Å². The van der Waals surface area contributed by atoms with E-state index in [9.17, 15) is 9.18 Å². The molecule has 2 rings (SSSR count). The van der Waals surface area contributed by atoms with Crippen LogP contribution in [0.4, 0.5) is 4.39 Å². The van der Waals surface area contributed by atoms with Gasteiger partial charge >= 0.3 is 0 Å². The van der Waals surface area contributed by atoms with Crippen molar-refractivity contribution in [3.05, 3.63) is 35.6 Å². The molecular weight excluding hydrogens is 183 g/mol. The maximum atomic E-state index is 12.6. The summed E-state index contributed by atoms with van der Waals surface area (Å²) >= 11 is 0. The minimum atomic E-state index is -0.268. The molecular formula is C11H11FO2. The average molecular weight is 194 g/mol. The lowest BCUT2D eigenvalue weighted by atomic mass is 10.0. The number of halogens is 1. The molecule has 0 amide bonds. The van der Waals surface area contributed by atoms with Crippen molar-refractivity contribution in [2.24, 2.45) is 0 Å². The van der Waals surface area contributed by atoms with Crippen LogP contribution < -0.4 is 0 Å². The van der Waals surface area contributed by atoms with Gasteiger partial charge in [-0.3, -0.25) is 4.79 Å². The predicted molar refractivity (Wildman–Crippen MR) is 49.3 cm³/mol. The van der Waals surface area contributed by atoms with Crippen LogP contribution in [0.5, 0.6) is 0 Å². The molecule has 0 aliphatic carbocycles. The van der Waals surface area contributed by atoms with Gasteiger partial charge in [0.05, 0.1) is 12.7 Å². The topological polar surface area (TPSA) is 26.3 Å². The first-order valence-electron chi connectivity index (χ1n) is 4.64. The fourth-order valence-corrected chi connectivity index (χ4v) is 1.57. The number of benzene rings is 1. The van der Waals surface area contributed by atoms with E-state index < -0.39 is 0 Å². The molecule has 14 heavy (non-hydrogen) atoms. The first-order chi connectivity index (χ1) is 6.75. The molecule has 2 nitrogen and oxygen atoms in total. The third-order valence-corrected chi connectivity index (χ3v) is 2.35. The van der Waals surface area contributed by atoms with Gasteiger partial charge in [0, 0.05) is 12.8 Å². The number of carbonyl (C=O) groups is 1. The Balaban J connectivity index is 2.14. The van der Waals surface area contributed by atoms with E-state index in [-0.39, 0.29) is 17.7 Å². The zero-order chi connectivity index (χ0) is 9.97. The number of rotatable bonds is 1. The lowest BCUT2D eigenvalue weighted by Crippen LogP contribution is -2.19. The van der Waals surface area contributed by atoms with Gasteiger partial charge in [-0.2, -0.15) is 0 Å². The van der Waals surface area contributed by atoms with Crippen molar-refractivity contribution in [3.8, 4) is 0 Å². The molecule has 74 valence electrons.